The first-order chi connectivity index (χ1) is 6.53. The first kappa shape index (κ1) is 11.0. The van der Waals surface area contributed by atoms with Crippen molar-refractivity contribution in [2.24, 2.45) is 0 Å². The Morgan fingerprint density at radius 2 is 2.00 bits per heavy atom. The molecule has 5 heteroatoms. The summed E-state index contributed by atoms with van der Waals surface area (Å²) in [6, 6.07) is 7.28. The summed E-state index contributed by atoms with van der Waals surface area (Å²) < 4.78 is 29.2. The maximum Gasteiger partial charge on any atom is 0.209 e. The molecule has 14 heavy (non-hydrogen) atoms. The fraction of sp³-hybridized carbons (Fsp3) is 0.333. The fourth-order valence-corrected chi connectivity index (χ4v) is 1.48. The van der Waals surface area contributed by atoms with Crippen LogP contribution in [-0.4, -0.2) is 21.8 Å². The van der Waals surface area contributed by atoms with Crippen LogP contribution in [0.3, 0.4) is 0 Å². The fourth-order valence-electron chi connectivity index (χ4n) is 1.06. The summed E-state index contributed by atoms with van der Waals surface area (Å²) in [5.41, 5.74) is 0.820. The van der Waals surface area contributed by atoms with Gasteiger partial charge in [0, 0.05) is 12.1 Å². The van der Waals surface area contributed by atoms with Crippen molar-refractivity contribution in [2.75, 3.05) is 13.4 Å². The Morgan fingerprint density at radius 1 is 1.36 bits per heavy atom. The first-order valence-electron chi connectivity index (χ1n) is 4.09. The highest BCUT2D eigenvalue weighted by Crippen LogP contribution is 2.16. The van der Waals surface area contributed by atoms with E-state index >= 15 is 0 Å². The second kappa shape index (κ2) is 4.43. The Labute approximate surface area is 84.0 Å². The molecule has 0 fully saturated rings. The molecular formula is C9H13NO3S. The lowest BCUT2D eigenvalue weighted by Crippen LogP contribution is -2.21. The van der Waals surface area contributed by atoms with Gasteiger partial charge in [0.15, 0.2) is 0 Å². The Hall–Kier alpha value is -1.07. The van der Waals surface area contributed by atoms with Crippen molar-refractivity contribution in [1.82, 2.24) is 4.72 Å². The highest BCUT2D eigenvalue weighted by molar-refractivity contribution is 7.88. The van der Waals surface area contributed by atoms with Crippen molar-refractivity contribution >= 4 is 10.0 Å². The zero-order valence-electron chi connectivity index (χ0n) is 8.15. The van der Waals surface area contributed by atoms with Crippen molar-refractivity contribution in [1.29, 1.82) is 0 Å². The van der Waals surface area contributed by atoms with E-state index in [1.54, 1.807) is 13.2 Å². The third-order valence-electron chi connectivity index (χ3n) is 1.72. The van der Waals surface area contributed by atoms with Gasteiger partial charge in [-0.2, -0.15) is 0 Å². The average Bonchev–Trinajstić information content (AvgIpc) is 2.14. The highest BCUT2D eigenvalue weighted by Gasteiger charge is 2.04. The lowest BCUT2D eigenvalue weighted by atomic mass is 10.2. The molecule has 0 atom stereocenters. The molecule has 0 aliphatic heterocycles. The number of nitrogens with one attached hydrogen (secondary N) is 1. The van der Waals surface area contributed by atoms with E-state index in [-0.39, 0.29) is 6.54 Å². The van der Waals surface area contributed by atoms with E-state index in [2.05, 4.69) is 4.72 Å². The summed E-state index contributed by atoms with van der Waals surface area (Å²) in [6.45, 7) is 0.253. The standard InChI is InChI=1S/C9H13NO3S/c1-13-9-6-4-3-5-8(9)7-10-14(2,11)12/h3-6,10H,7H2,1-2H3. The lowest BCUT2D eigenvalue weighted by molar-refractivity contribution is 0.409. The molecular weight excluding hydrogens is 202 g/mol. The summed E-state index contributed by atoms with van der Waals surface area (Å²) in [7, 11) is -1.60. The molecule has 0 spiro atoms. The van der Waals surface area contributed by atoms with Crippen LogP contribution >= 0.6 is 0 Å². The summed E-state index contributed by atoms with van der Waals surface area (Å²) in [5, 5.41) is 0. The van der Waals surface area contributed by atoms with E-state index in [0.717, 1.165) is 11.8 Å². The van der Waals surface area contributed by atoms with Crippen molar-refractivity contribution in [2.45, 2.75) is 6.54 Å². The molecule has 0 aliphatic rings. The van der Waals surface area contributed by atoms with E-state index in [1.165, 1.54) is 0 Å². The molecule has 78 valence electrons. The SMILES string of the molecule is COc1ccccc1CNS(C)(=O)=O. The van der Waals surface area contributed by atoms with Crippen LogP contribution in [-0.2, 0) is 16.6 Å². The van der Waals surface area contributed by atoms with Gasteiger partial charge in [0.05, 0.1) is 13.4 Å². The minimum Gasteiger partial charge on any atom is -0.496 e. The number of rotatable bonds is 4. The van der Waals surface area contributed by atoms with Crippen LogP contribution in [0.4, 0.5) is 0 Å². The van der Waals surface area contributed by atoms with E-state index in [9.17, 15) is 8.42 Å². The molecule has 0 aliphatic carbocycles. The van der Waals surface area contributed by atoms with Gasteiger partial charge in [0.25, 0.3) is 0 Å². The Kier molecular flexibility index (Phi) is 3.49. The largest absolute Gasteiger partial charge is 0.496 e. The van der Waals surface area contributed by atoms with Gasteiger partial charge in [0.2, 0.25) is 10.0 Å². The second-order valence-electron chi connectivity index (χ2n) is 2.91. The normalized spacial score (nSPS) is 11.3. The Morgan fingerprint density at radius 3 is 2.57 bits per heavy atom. The van der Waals surface area contributed by atoms with Crippen LogP contribution in [0.2, 0.25) is 0 Å². The quantitative estimate of drug-likeness (QED) is 0.806. The molecule has 0 saturated carbocycles. The third-order valence-corrected chi connectivity index (χ3v) is 2.39. The molecule has 1 rings (SSSR count). The number of hydrogen-bond donors (Lipinski definition) is 1. The lowest BCUT2D eigenvalue weighted by Gasteiger charge is -2.07. The van der Waals surface area contributed by atoms with E-state index in [4.69, 9.17) is 4.74 Å². The first-order valence-corrected chi connectivity index (χ1v) is 5.98. The molecule has 0 unspecified atom stereocenters. The van der Waals surface area contributed by atoms with Crippen LogP contribution < -0.4 is 9.46 Å². The molecule has 0 radical (unpaired) electrons. The predicted octanol–water partition coefficient (Wildman–Crippen LogP) is 0.744. The minimum atomic E-state index is -3.15. The number of ether oxygens (including phenoxy) is 1. The van der Waals surface area contributed by atoms with Gasteiger partial charge in [-0.15, -0.1) is 0 Å². The number of sulfonamides is 1. The highest BCUT2D eigenvalue weighted by atomic mass is 32.2. The average molecular weight is 215 g/mol. The Balaban J connectivity index is 2.76. The van der Waals surface area contributed by atoms with Gasteiger partial charge >= 0.3 is 0 Å². The van der Waals surface area contributed by atoms with E-state index < -0.39 is 10.0 Å². The molecule has 0 amide bonds. The molecule has 4 nitrogen and oxygen atoms in total. The second-order valence-corrected chi connectivity index (χ2v) is 4.74. The molecule has 0 bridgehead atoms. The van der Waals surface area contributed by atoms with Crippen LogP contribution in [0.5, 0.6) is 5.75 Å². The third kappa shape index (κ3) is 3.35. The van der Waals surface area contributed by atoms with Crippen LogP contribution in [0.15, 0.2) is 24.3 Å². The van der Waals surface area contributed by atoms with Crippen molar-refractivity contribution in [3.05, 3.63) is 29.8 Å². The van der Waals surface area contributed by atoms with Gasteiger partial charge in [-0.1, -0.05) is 18.2 Å². The van der Waals surface area contributed by atoms with Crippen LogP contribution in [0, 0.1) is 0 Å². The van der Waals surface area contributed by atoms with E-state index in [0.29, 0.717) is 5.75 Å². The number of benzene rings is 1. The van der Waals surface area contributed by atoms with Gasteiger partial charge in [-0.3, -0.25) is 0 Å². The van der Waals surface area contributed by atoms with Gasteiger partial charge < -0.3 is 4.74 Å². The number of hydrogen-bond acceptors (Lipinski definition) is 3. The smallest absolute Gasteiger partial charge is 0.209 e. The maximum atomic E-state index is 10.9. The molecule has 1 aromatic rings. The van der Waals surface area contributed by atoms with Crippen molar-refractivity contribution < 1.29 is 13.2 Å². The number of methoxy groups -OCH3 is 1. The molecule has 0 heterocycles. The summed E-state index contributed by atoms with van der Waals surface area (Å²) in [4.78, 5) is 0. The topological polar surface area (TPSA) is 55.4 Å². The zero-order valence-corrected chi connectivity index (χ0v) is 8.97. The monoisotopic (exact) mass is 215 g/mol. The minimum absolute atomic E-state index is 0.253. The molecule has 0 aromatic heterocycles. The summed E-state index contributed by atoms with van der Waals surface area (Å²) in [5.74, 6) is 0.684. The maximum absolute atomic E-state index is 10.9. The van der Waals surface area contributed by atoms with E-state index in [1.807, 2.05) is 18.2 Å². The summed E-state index contributed by atoms with van der Waals surface area (Å²) in [6.07, 6.45) is 1.13. The van der Waals surface area contributed by atoms with Crippen LogP contribution in [0.1, 0.15) is 5.56 Å². The van der Waals surface area contributed by atoms with Crippen LogP contribution in [0.25, 0.3) is 0 Å². The predicted molar refractivity (Wildman–Crippen MR) is 54.7 cm³/mol. The molecule has 1 aromatic carbocycles. The van der Waals surface area contributed by atoms with Gasteiger partial charge in [0.1, 0.15) is 5.75 Å². The Bertz CT molecular complexity index is 400. The zero-order chi connectivity index (χ0) is 10.6. The van der Waals surface area contributed by atoms with Crippen molar-refractivity contribution in [3.63, 3.8) is 0 Å². The van der Waals surface area contributed by atoms with Gasteiger partial charge in [-0.05, 0) is 6.07 Å². The number of para-hydroxylation sites is 1. The molecule has 0 saturated heterocycles. The van der Waals surface area contributed by atoms with Gasteiger partial charge in [-0.25, -0.2) is 13.1 Å². The van der Waals surface area contributed by atoms with Crippen molar-refractivity contribution in [3.8, 4) is 5.75 Å². The summed E-state index contributed by atoms with van der Waals surface area (Å²) >= 11 is 0. The molecule has 1 N–H and O–H groups in total.